The van der Waals surface area contributed by atoms with Gasteiger partial charge in [0, 0.05) is 0 Å². The Balaban J connectivity index is 2.01. The smallest absolute Gasteiger partial charge is 0.175 e. The Morgan fingerprint density at radius 3 is 3.12 bits per heavy atom. The van der Waals surface area contributed by atoms with Crippen molar-refractivity contribution in [2.75, 3.05) is 13.3 Å². The summed E-state index contributed by atoms with van der Waals surface area (Å²) < 4.78 is 10.7. The van der Waals surface area contributed by atoms with Crippen LogP contribution in [0.2, 0.25) is 0 Å². The molecule has 1 aliphatic heterocycles. The van der Waals surface area contributed by atoms with Crippen LogP contribution >= 0.6 is 0 Å². The molecule has 86 valence electrons. The van der Waals surface area contributed by atoms with Crippen molar-refractivity contribution in [1.29, 1.82) is 0 Å². The van der Waals surface area contributed by atoms with Gasteiger partial charge in [-0.25, -0.2) is 0 Å². The molecule has 0 radical (unpaired) electrons. The molecular weight excluding hydrogens is 206 g/mol. The van der Waals surface area contributed by atoms with Gasteiger partial charge >= 0.3 is 0 Å². The van der Waals surface area contributed by atoms with Gasteiger partial charge in [0.25, 0.3) is 0 Å². The van der Waals surface area contributed by atoms with Gasteiger partial charge in [-0.3, -0.25) is 10.3 Å². The third kappa shape index (κ3) is 2.50. The average molecular weight is 221 g/mol. The molecule has 1 aromatic rings. The SMILES string of the molecule is C/C=C(\N)c1ccc(OC2COCN2)cn1. The van der Waals surface area contributed by atoms with Crippen LogP contribution in [0.25, 0.3) is 5.70 Å². The molecule has 0 spiro atoms. The number of rotatable bonds is 3. The summed E-state index contributed by atoms with van der Waals surface area (Å²) in [5.41, 5.74) is 7.15. The molecule has 3 N–H and O–H groups in total. The van der Waals surface area contributed by atoms with Crippen LogP contribution in [0.3, 0.4) is 0 Å². The van der Waals surface area contributed by atoms with Gasteiger partial charge in [0.15, 0.2) is 6.23 Å². The fourth-order valence-electron chi connectivity index (χ4n) is 1.39. The first-order valence-corrected chi connectivity index (χ1v) is 5.15. The first kappa shape index (κ1) is 10.9. The number of nitrogens with one attached hydrogen (secondary N) is 1. The maximum atomic E-state index is 5.73. The second-order valence-corrected chi connectivity index (χ2v) is 3.45. The maximum Gasteiger partial charge on any atom is 0.175 e. The highest BCUT2D eigenvalue weighted by molar-refractivity contribution is 5.58. The van der Waals surface area contributed by atoms with E-state index in [9.17, 15) is 0 Å². The van der Waals surface area contributed by atoms with E-state index in [1.807, 2.05) is 25.1 Å². The predicted octanol–water partition coefficient (Wildman–Crippen LogP) is 0.683. The quantitative estimate of drug-likeness (QED) is 0.785. The standard InChI is InChI=1S/C11H15N3O2/c1-2-9(12)10-4-3-8(5-13-10)16-11-6-15-7-14-11/h2-5,11,14H,6-7,12H2,1H3/b9-2-. The Morgan fingerprint density at radius 2 is 2.56 bits per heavy atom. The first-order valence-electron chi connectivity index (χ1n) is 5.15. The van der Waals surface area contributed by atoms with Crippen LogP contribution < -0.4 is 15.8 Å². The molecular formula is C11H15N3O2. The summed E-state index contributed by atoms with van der Waals surface area (Å²) in [6, 6.07) is 3.68. The molecule has 2 heterocycles. The summed E-state index contributed by atoms with van der Waals surface area (Å²) in [6.07, 6.45) is 3.38. The van der Waals surface area contributed by atoms with Gasteiger partial charge in [-0.15, -0.1) is 0 Å². The van der Waals surface area contributed by atoms with Gasteiger partial charge in [0.05, 0.1) is 30.9 Å². The highest BCUT2D eigenvalue weighted by atomic mass is 16.6. The lowest BCUT2D eigenvalue weighted by Crippen LogP contribution is -2.29. The van der Waals surface area contributed by atoms with Gasteiger partial charge in [0.2, 0.25) is 0 Å². The van der Waals surface area contributed by atoms with E-state index < -0.39 is 0 Å². The number of pyridine rings is 1. The number of hydrogen-bond donors (Lipinski definition) is 2. The molecule has 1 saturated heterocycles. The number of nitrogens with two attached hydrogens (primary N) is 1. The van der Waals surface area contributed by atoms with Crippen LogP contribution in [0.4, 0.5) is 0 Å². The molecule has 1 aliphatic rings. The third-order valence-electron chi connectivity index (χ3n) is 2.30. The molecule has 0 amide bonds. The molecule has 0 aromatic carbocycles. The molecule has 1 unspecified atom stereocenters. The van der Waals surface area contributed by atoms with E-state index >= 15 is 0 Å². The van der Waals surface area contributed by atoms with Gasteiger partial charge in [0.1, 0.15) is 5.75 Å². The topological polar surface area (TPSA) is 69.4 Å². The minimum atomic E-state index is -0.0910. The summed E-state index contributed by atoms with van der Waals surface area (Å²) in [7, 11) is 0. The average Bonchev–Trinajstić information content (AvgIpc) is 2.82. The Morgan fingerprint density at radius 1 is 1.69 bits per heavy atom. The largest absolute Gasteiger partial charge is 0.471 e. The fourth-order valence-corrected chi connectivity index (χ4v) is 1.39. The van der Waals surface area contributed by atoms with Gasteiger partial charge in [-0.1, -0.05) is 6.08 Å². The van der Waals surface area contributed by atoms with E-state index in [4.69, 9.17) is 15.2 Å². The van der Waals surface area contributed by atoms with Crippen LogP contribution in [0.15, 0.2) is 24.4 Å². The van der Waals surface area contributed by atoms with Gasteiger partial charge < -0.3 is 15.2 Å². The molecule has 5 nitrogen and oxygen atoms in total. The molecule has 1 aromatic heterocycles. The second kappa shape index (κ2) is 4.96. The van der Waals surface area contributed by atoms with E-state index in [0.717, 1.165) is 5.69 Å². The summed E-state index contributed by atoms with van der Waals surface area (Å²) in [6.45, 7) is 2.96. The Bertz CT molecular complexity index is 369. The number of allylic oxidation sites excluding steroid dienone is 1. The molecule has 16 heavy (non-hydrogen) atoms. The first-order chi connectivity index (χ1) is 7.79. The zero-order valence-electron chi connectivity index (χ0n) is 9.14. The third-order valence-corrected chi connectivity index (χ3v) is 2.30. The summed E-state index contributed by atoms with van der Waals surface area (Å²) >= 11 is 0. The zero-order chi connectivity index (χ0) is 11.4. The van der Waals surface area contributed by atoms with E-state index in [-0.39, 0.29) is 6.23 Å². The van der Waals surface area contributed by atoms with Gasteiger partial charge in [-0.2, -0.15) is 0 Å². The highest BCUT2D eigenvalue weighted by Gasteiger charge is 2.15. The number of aromatic nitrogens is 1. The van der Waals surface area contributed by atoms with E-state index in [1.54, 1.807) is 6.20 Å². The molecule has 5 heteroatoms. The molecule has 1 atom stereocenters. The van der Waals surface area contributed by atoms with Crippen molar-refractivity contribution in [2.24, 2.45) is 5.73 Å². The van der Waals surface area contributed by atoms with Crippen molar-refractivity contribution in [2.45, 2.75) is 13.2 Å². The van der Waals surface area contributed by atoms with E-state index in [1.165, 1.54) is 0 Å². The van der Waals surface area contributed by atoms with Crippen LogP contribution in [0.5, 0.6) is 5.75 Å². The van der Waals surface area contributed by atoms with Crippen molar-refractivity contribution >= 4 is 5.70 Å². The van der Waals surface area contributed by atoms with Crippen LogP contribution in [0.1, 0.15) is 12.6 Å². The number of ether oxygens (including phenoxy) is 2. The summed E-state index contributed by atoms with van der Waals surface area (Å²) in [5.74, 6) is 0.704. The lowest BCUT2D eigenvalue weighted by molar-refractivity contribution is 0.139. The fraction of sp³-hybridized carbons (Fsp3) is 0.364. The van der Waals surface area contributed by atoms with Crippen molar-refractivity contribution < 1.29 is 9.47 Å². The number of nitrogens with zero attached hydrogens (tertiary/aromatic N) is 1. The predicted molar refractivity (Wildman–Crippen MR) is 60.4 cm³/mol. The normalized spacial score (nSPS) is 21.1. The van der Waals surface area contributed by atoms with E-state index in [0.29, 0.717) is 24.8 Å². The maximum absolute atomic E-state index is 5.73. The van der Waals surface area contributed by atoms with Crippen LogP contribution in [-0.2, 0) is 4.74 Å². The van der Waals surface area contributed by atoms with Crippen LogP contribution in [-0.4, -0.2) is 24.5 Å². The van der Waals surface area contributed by atoms with Crippen molar-refractivity contribution in [3.63, 3.8) is 0 Å². The van der Waals surface area contributed by atoms with E-state index in [2.05, 4.69) is 10.3 Å². The minimum Gasteiger partial charge on any atom is -0.471 e. The minimum absolute atomic E-state index is 0.0910. The second-order valence-electron chi connectivity index (χ2n) is 3.45. The van der Waals surface area contributed by atoms with Crippen molar-refractivity contribution in [3.8, 4) is 5.75 Å². The Kier molecular flexibility index (Phi) is 3.38. The van der Waals surface area contributed by atoms with Gasteiger partial charge in [-0.05, 0) is 19.1 Å². The lowest BCUT2D eigenvalue weighted by atomic mass is 10.3. The molecule has 0 saturated carbocycles. The number of hydrogen-bond acceptors (Lipinski definition) is 5. The summed E-state index contributed by atoms with van der Waals surface area (Å²) in [5, 5.41) is 3.05. The monoisotopic (exact) mass is 221 g/mol. The summed E-state index contributed by atoms with van der Waals surface area (Å²) in [4.78, 5) is 4.20. The highest BCUT2D eigenvalue weighted by Crippen LogP contribution is 2.14. The molecule has 2 rings (SSSR count). The Labute approximate surface area is 94.3 Å². The zero-order valence-corrected chi connectivity index (χ0v) is 9.14. The molecule has 0 bridgehead atoms. The van der Waals surface area contributed by atoms with Crippen molar-refractivity contribution in [1.82, 2.24) is 10.3 Å². The Hall–Kier alpha value is -1.59. The van der Waals surface area contributed by atoms with Crippen molar-refractivity contribution in [3.05, 3.63) is 30.1 Å². The van der Waals surface area contributed by atoms with Crippen LogP contribution in [0, 0.1) is 0 Å². The lowest BCUT2D eigenvalue weighted by Gasteiger charge is -2.11. The molecule has 0 aliphatic carbocycles. The molecule has 1 fully saturated rings.